The van der Waals surface area contributed by atoms with Crippen LogP contribution in [0.2, 0.25) is 0 Å². The Bertz CT molecular complexity index is 1680. The SMILES string of the molecule is CC1Cc2ccccc2-c2ccc3c(c21)CC(Cc1ccccc1)C(CN)=C3Cc1ccccc1.O=C1C=CC=CNC1. The van der Waals surface area contributed by atoms with Gasteiger partial charge in [0.15, 0.2) is 5.78 Å². The highest BCUT2D eigenvalue weighted by molar-refractivity contribution is 5.92. The minimum absolute atomic E-state index is 0.120. The molecule has 0 saturated carbocycles. The molecule has 2 atom stereocenters. The summed E-state index contributed by atoms with van der Waals surface area (Å²) in [5.41, 5.74) is 21.1. The number of hydrogen-bond donors (Lipinski definition) is 2. The van der Waals surface area contributed by atoms with Gasteiger partial charge in [0.1, 0.15) is 0 Å². The number of carbonyl (C=O) groups is 1. The fourth-order valence-corrected chi connectivity index (χ4v) is 7.04. The van der Waals surface area contributed by atoms with Crippen LogP contribution in [-0.2, 0) is 30.5 Å². The summed E-state index contributed by atoms with van der Waals surface area (Å²) in [6.45, 7) is 3.46. The van der Waals surface area contributed by atoms with E-state index in [1.807, 2.05) is 0 Å². The Balaban J connectivity index is 0.000000359. The molecule has 0 fully saturated rings. The van der Waals surface area contributed by atoms with E-state index < -0.39 is 0 Å². The van der Waals surface area contributed by atoms with Gasteiger partial charge in [-0.3, -0.25) is 4.79 Å². The van der Waals surface area contributed by atoms with E-state index in [1.54, 1.807) is 35.6 Å². The first-order chi connectivity index (χ1) is 21.1. The molecule has 2 aliphatic carbocycles. The van der Waals surface area contributed by atoms with Gasteiger partial charge in [-0.05, 0) is 112 Å². The number of allylic oxidation sites excluding steroid dienone is 3. The highest BCUT2D eigenvalue weighted by atomic mass is 16.1. The van der Waals surface area contributed by atoms with Gasteiger partial charge in [0, 0.05) is 6.54 Å². The predicted octanol–water partition coefficient (Wildman–Crippen LogP) is 7.61. The quantitative estimate of drug-likeness (QED) is 0.262. The van der Waals surface area contributed by atoms with Crippen molar-refractivity contribution in [2.45, 2.75) is 38.5 Å². The molecule has 0 aromatic heterocycles. The van der Waals surface area contributed by atoms with Gasteiger partial charge in [-0.25, -0.2) is 0 Å². The van der Waals surface area contributed by atoms with E-state index in [1.165, 1.54) is 44.5 Å². The summed E-state index contributed by atoms with van der Waals surface area (Å²) in [7, 11) is 0. The van der Waals surface area contributed by atoms with Gasteiger partial charge in [0.2, 0.25) is 0 Å². The van der Waals surface area contributed by atoms with Crippen molar-refractivity contribution in [3.8, 4) is 11.1 Å². The van der Waals surface area contributed by atoms with Gasteiger partial charge >= 0.3 is 0 Å². The number of nitrogens with one attached hydrogen (secondary N) is 1. The first kappa shape index (κ1) is 28.6. The van der Waals surface area contributed by atoms with Crippen molar-refractivity contribution in [2.24, 2.45) is 11.7 Å². The molecule has 3 nitrogen and oxygen atoms in total. The number of ketones is 1. The smallest absolute Gasteiger partial charge is 0.174 e. The van der Waals surface area contributed by atoms with E-state index in [4.69, 9.17) is 5.73 Å². The zero-order chi connectivity index (χ0) is 29.6. The summed E-state index contributed by atoms with van der Waals surface area (Å²) in [6, 6.07) is 35.6. The highest BCUT2D eigenvalue weighted by Gasteiger charge is 2.32. The molecule has 3 aliphatic rings. The summed E-state index contributed by atoms with van der Waals surface area (Å²) in [5, 5.41) is 2.80. The van der Waals surface area contributed by atoms with Crippen LogP contribution >= 0.6 is 0 Å². The maximum absolute atomic E-state index is 10.5. The van der Waals surface area contributed by atoms with Crippen molar-refractivity contribution in [1.82, 2.24) is 5.32 Å². The molecule has 1 heterocycles. The molecule has 3 heteroatoms. The van der Waals surface area contributed by atoms with Crippen LogP contribution in [-0.4, -0.2) is 18.9 Å². The van der Waals surface area contributed by atoms with Crippen LogP contribution in [0.1, 0.15) is 46.2 Å². The van der Waals surface area contributed by atoms with Crippen LogP contribution in [0.15, 0.2) is 127 Å². The summed E-state index contributed by atoms with van der Waals surface area (Å²) < 4.78 is 0. The lowest BCUT2D eigenvalue weighted by molar-refractivity contribution is -0.113. The fourth-order valence-electron chi connectivity index (χ4n) is 7.04. The standard InChI is InChI=1S/C34H33N.C6H7NO/c1-23-18-26-14-8-9-15-28(26)30-17-16-29-31(20-25-12-6-3-7-13-25)33(22-35)27(21-32(29)34(23)30)19-24-10-4-2-5-11-24;8-6-3-1-2-4-7-5-6/h2-17,23,27H,18-22,35H2,1H3;1-4,7H,5H2. The average molecular weight is 565 g/mol. The zero-order valence-corrected chi connectivity index (χ0v) is 24.9. The van der Waals surface area contributed by atoms with Crippen LogP contribution in [0.4, 0.5) is 0 Å². The third-order valence-corrected chi connectivity index (χ3v) is 8.99. The van der Waals surface area contributed by atoms with Gasteiger partial charge in [-0.15, -0.1) is 0 Å². The van der Waals surface area contributed by atoms with E-state index in [-0.39, 0.29) is 5.78 Å². The van der Waals surface area contributed by atoms with Gasteiger partial charge < -0.3 is 11.1 Å². The van der Waals surface area contributed by atoms with Crippen molar-refractivity contribution >= 4 is 11.4 Å². The topological polar surface area (TPSA) is 55.1 Å². The minimum Gasteiger partial charge on any atom is -0.383 e. The van der Waals surface area contributed by atoms with Crippen LogP contribution in [0.5, 0.6) is 0 Å². The molecule has 216 valence electrons. The number of benzene rings is 4. The Labute approximate surface area is 255 Å². The Kier molecular flexibility index (Phi) is 8.81. The molecule has 0 spiro atoms. The second-order valence-electron chi connectivity index (χ2n) is 11.8. The van der Waals surface area contributed by atoms with Crippen molar-refractivity contribution in [3.05, 3.63) is 160 Å². The Morgan fingerprint density at radius 3 is 2.23 bits per heavy atom. The summed E-state index contributed by atoms with van der Waals surface area (Å²) in [4.78, 5) is 10.5. The number of carbonyl (C=O) groups excluding carboxylic acids is 1. The van der Waals surface area contributed by atoms with Gasteiger partial charge in [0.05, 0.1) is 6.54 Å². The molecule has 0 radical (unpaired) electrons. The van der Waals surface area contributed by atoms with Crippen LogP contribution in [0.25, 0.3) is 16.7 Å². The third kappa shape index (κ3) is 6.33. The van der Waals surface area contributed by atoms with Gasteiger partial charge in [-0.2, -0.15) is 0 Å². The minimum atomic E-state index is 0.120. The van der Waals surface area contributed by atoms with Gasteiger partial charge in [-0.1, -0.05) is 110 Å². The Morgan fingerprint density at radius 1 is 0.767 bits per heavy atom. The van der Waals surface area contributed by atoms with E-state index >= 15 is 0 Å². The van der Waals surface area contributed by atoms with E-state index in [0.29, 0.717) is 24.9 Å². The van der Waals surface area contributed by atoms with Gasteiger partial charge in [0.25, 0.3) is 0 Å². The van der Waals surface area contributed by atoms with Crippen LogP contribution in [0, 0.1) is 5.92 Å². The molecule has 43 heavy (non-hydrogen) atoms. The molecular weight excluding hydrogens is 524 g/mol. The summed E-state index contributed by atoms with van der Waals surface area (Å²) >= 11 is 0. The van der Waals surface area contributed by atoms with E-state index in [2.05, 4.69) is 109 Å². The number of hydrogen-bond acceptors (Lipinski definition) is 3. The molecule has 0 bridgehead atoms. The second kappa shape index (κ2) is 13.2. The average Bonchev–Trinajstić information content (AvgIpc) is 3.29. The highest BCUT2D eigenvalue weighted by Crippen LogP contribution is 2.47. The van der Waals surface area contributed by atoms with Crippen molar-refractivity contribution in [2.75, 3.05) is 13.1 Å². The molecule has 4 aromatic carbocycles. The third-order valence-electron chi connectivity index (χ3n) is 8.99. The van der Waals surface area contributed by atoms with Crippen molar-refractivity contribution < 1.29 is 4.79 Å². The largest absolute Gasteiger partial charge is 0.383 e. The summed E-state index contributed by atoms with van der Waals surface area (Å²) in [5.74, 6) is 1.07. The number of rotatable bonds is 5. The molecule has 2 unspecified atom stereocenters. The fraction of sp³-hybridized carbons (Fsp3) is 0.225. The molecule has 0 amide bonds. The normalized spacial score (nSPS) is 18.4. The first-order valence-electron chi connectivity index (χ1n) is 15.5. The van der Waals surface area contributed by atoms with Crippen molar-refractivity contribution in [3.63, 3.8) is 0 Å². The Morgan fingerprint density at radius 2 is 1.47 bits per heavy atom. The lowest BCUT2D eigenvalue weighted by Gasteiger charge is -2.36. The summed E-state index contributed by atoms with van der Waals surface area (Å²) in [6.07, 6.45) is 11.0. The second-order valence-corrected chi connectivity index (χ2v) is 11.8. The first-order valence-corrected chi connectivity index (χ1v) is 15.5. The maximum Gasteiger partial charge on any atom is 0.174 e. The molecule has 4 aromatic rings. The van der Waals surface area contributed by atoms with E-state index in [9.17, 15) is 4.79 Å². The monoisotopic (exact) mass is 564 g/mol. The van der Waals surface area contributed by atoms with Crippen LogP contribution < -0.4 is 11.1 Å². The Hall–Kier alpha value is -4.47. The molecule has 3 N–H and O–H groups in total. The number of nitrogens with two attached hydrogens (primary N) is 1. The maximum atomic E-state index is 10.5. The van der Waals surface area contributed by atoms with E-state index in [0.717, 1.165) is 25.7 Å². The van der Waals surface area contributed by atoms with Crippen molar-refractivity contribution in [1.29, 1.82) is 0 Å². The lowest BCUT2D eigenvalue weighted by atomic mass is 9.68. The van der Waals surface area contributed by atoms with Crippen LogP contribution in [0.3, 0.4) is 0 Å². The molecule has 0 saturated heterocycles. The number of fused-ring (bicyclic) bond motifs is 5. The molecule has 7 rings (SSSR count). The zero-order valence-electron chi connectivity index (χ0n) is 24.9. The predicted molar refractivity (Wildman–Crippen MR) is 179 cm³/mol. The lowest BCUT2D eigenvalue weighted by Crippen LogP contribution is -2.26. The molecular formula is C40H40N2O. The molecule has 1 aliphatic heterocycles.